The van der Waals surface area contributed by atoms with Crippen LogP contribution in [0, 0.1) is 6.92 Å². The molecule has 1 N–H and O–H groups in total. The first kappa shape index (κ1) is 16.7. The number of benzene rings is 1. The molecule has 0 saturated carbocycles. The predicted molar refractivity (Wildman–Crippen MR) is 83.8 cm³/mol. The number of nitrogens with zero attached hydrogens (tertiary/aromatic N) is 2. The molecule has 2 rings (SSSR count). The number of aryl methyl sites for hydroxylation is 1. The second-order valence-corrected chi connectivity index (χ2v) is 5.32. The highest BCUT2D eigenvalue weighted by molar-refractivity contribution is 6.45. The Morgan fingerprint density at radius 3 is 2.57 bits per heavy atom. The van der Waals surface area contributed by atoms with Gasteiger partial charge in [-0.15, -0.1) is 6.58 Å². The number of carbonyl (C=O) groups excluding carboxylic acids is 4. The fraction of sp³-hybridized carbons (Fsp3) is 0.200. The molecule has 1 aromatic carbocycles. The molecule has 1 aliphatic rings. The van der Waals surface area contributed by atoms with Crippen molar-refractivity contribution < 1.29 is 19.2 Å². The summed E-state index contributed by atoms with van der Waals surface area (Å²) in [5.74, 6) is -2.61. The summed E-state index contributed by atoms with van der Waals surface area (Å²) in [6, 6.07) is 4.11. The molecule has 0 aromatic heterocycles. The first-order chi connectivity index (χ1) is 10.8. The van der Waals surface area contributed by atoms with Crippen LogP contribution >= 0.6 is 11.6 Å². The van der Waals surface area contributed by atoms with Crippen LogP contribution in [0.15, 0.2) is 30.9 Å². The van der Waals surface area contributed by atoms with E-state index in [1.807, 2.05) is 0 Å². The predicted octanol–water partition coefficient (Wildman–Crippen LogP) is 1.56. The lowest BCUT2D eigenvalue weighted by molar-refractivity contribution is -0.143. The second-order valence-electron chi connectivity index (χ2n) is 4.89. The molecule has 1 saturated heterocycles. The Labute approximate surface area is 137 Å². The highest BCUT2D eigenvalue weighted by Gasteiger charge is 2.44. The molecule has 0 radical (unpaired) electrons. The number of hydrogen-bond acceptors (Lipinski definition) is 4. The van der Waals surface area contributed by atoms with Crippen molar-refractivity contribution in [3.05, 3.63) is 41.4 Å². The summed E-state index contributed by atoms with van der Waals surface area (Å²) in [5, 5.41) is 3.00. The number of nitrogens with one attached hydrogen (secondary N) is 1. The Morgan fingerprint density at radius 2 is 1.91 bits per heavy atom. The van der Waals surface area contributed by atoms with Gasteiger partial charge in [0.25, 0.3) is 0 Å². The van der Waals surface area contributed by atoms with Crippen LogP contribution in [0.2, 0.25) is 5.02 Å². The van der Waals surface area contributed by atoms with Crippen LogP contribution in [-0.2, 0) is 14.4 Å². The number of carbonyl (C=O) groups is 4. The molecule has 1 fully saturated rings. The summed E-state index contributed by atoms with van der Waals surface area (Å²) in [6.45, 7) is 4.54. The molecule has 0 unspecified atom stereocenters. The van der Waals surface area contributed by atoms with E-state index in [0.717, 1.165) is 10.5 Å². The van der Waals surface area contributed by atoms with E-state index in [2.05, 4.69) is 11.9 Å². The third-order valence-corrected chi connectivity index (χ3v) is 3.46. The van der Waals surface area contributed by atoms with Crippen molar-refractivity contribution in [1.82, 2.24) is 9.80 Å². The minimum Gasteiger partial charge on any atom is -0.324 e. The van der Waals surface area contributed by atoms with Crippen molar-refractivity contribution in [2.75, 3.05) is 18.4 Å². The first-order valence-corrected chi connectivity index (χ1v) is 7.07. The molecule has 8 heteroatoms. The monoisotopic (exact) mass is 335 g/mol. The van der Waals surface area contributed by atoms with Gasteiger partial charge in [-0.25, -0.2) is 9.69 Å². The van der Waals surface area contributed by atoms with Crippen molar-refractivity contribution >= 4 is 41.0 Å². The molecule has 0 atom stereocenters. The molecule has 120 valence electrons. The fourth-order valence-corrected chi connectivity index (χ4v) is 2.21. The largest absolute Gasteiger partial charge is 0.335 e. The average Bonchev–Trinajstić information content (AvgIpc) is 2.69. The third kappa shape index (κ3) is 3.40. The van der Waals surface area contributed by atoms with Crippen LogP contribution in [0.5, 0.6) is 0 Å². The van der Waals surface area contributed by atoms with Gasteiger partial charge in [0.15, 0.2) is 0 Å². The molecule has 0 aliphatic carbocycles. The van der Waals surface area contributed by atoms with Gasteiger partial charge in [-0.3, -0.25) is 19.3 Å². The molecular weight excluding hydrogens is 322 g/mol. The zero-order valence-electron chi connectivity index (χ0n) is 12.3. The van der Waals surface area contributed by atoms with Gasteiger partial charge < -0.3 is 5.32 Å². The van der Waals surface area contributed by atoms with Crippen molar-refractivity contribution in [2.24, 2.45) is 0 Å². The minimum atomic E-state index is -1.03. The van der Waals surface area contributed by atoms with Crippen LogP contribution < -0.4 is 5.32 Å². The highest BCUT2D eigenvalue weighted by Crippen LogP contribution is 2.20. The van der Waals surface area contributed by atoms with Crippen LogP contribution in [-0.4, -0.2) is 46.6 Å². The Morgan fingerprint density at radius 1 is 1.26 bits per heavy atom. The number of amides is 5. The SMILES string of the molecule is C=CCN1C(=O)C(=O)N(CC(=O)Nc2cc(Cl)ccc2C)C1=O. The van der Waals surface area contributed by atoms with Crippen LogP contribution in [0.4, 0.5) is 10.5 Å². The van der Waals surface area contributed by atoms with Gasteiger partial charge in [0.2, 0.25) is 5.91 Å². The zero-order valence-corrected chi connectivity index (χ0v) is 13.1. The van der Waals surface area contributed by atoms with E-state index in [1.165, 1.54) is 6.08 Å². The first-order valence-electron chi connectivity index (χ1n) is 6.69. The molecule has 0 spiro atoms. The average molecular weight is 336 g/mol. The normalized spacial score (nSPS) is 14.4. The smallest absolute Gasteiger partial charge is 0.324 e. The van der Waals surface area contributed by atoms with Crippen molar-refractivity contribution in [1.29, 1.82) is 0 Å². The van der Waals surface area contributed by atoms with Gasteiger partial charge >= 0.3 is 17.8 Å². The Hall–Kier alpha value is -2.67. The maximum absolute atomic E-state index is 12.0. The molecule has 5 amide bonds. The van der Waals surface area contributed by atoms with Gasteiger partial charge in [-0.05, 0) is 24.6 Å². The lowest BCUT2D eigenvalue weighted by Gasteiger charge is -2.15. The number of urea groups is 1. The van der Waals surface area contributed by atoms with Crippen LogP contribution in [0.25, 0.3) is 0 Å². The van der Waals surface area contributed by atoms with Gasteiger partial charge in [0.1, 0.15) is 6.54 Å². The molecule has 1 aliphatic heterocycles. The van der Waals surface area contributed by atoms with E-state index in [4.69, 9.17) is 11.6 Å². The van der Waals surface area contributed by atoms with E-state index in [1.54, 1.807) is 25.1 Å². The van der Waals surface area contributed by atoms with E-state index >= 15 is 0 Å². The molecular formula is C15H14ClN3O4. The van der Waals surface area contributed by atoms with Crippen molar-refractivity contribution in [3.8, 4) is 0 Å². The lowest BCUT2D eigenvalue weighted by Crippen LogP contribution is -2.39. The van der Waals surface area contributed by atoms with Gasteiger partial charge in [0, 0.05) is 17.3 Å². The van der Waals surface area contributed by atoms with E-state index in [0.29, 0.717) is 15.6 Å². The van der Waals surface area contributed by atoms with Crippen LogP contribution in [0.3, 0.4) is 0 Å². The number of rotatable bonds is 5. The summed E-state index contributed by atoms with van der Waals surface area (Å²) in [6.07, 6.45) is 1.32. The topological polar surface area (TPSA) is 86.8 Å². The number of hydrogen-bond donors (Lipinski definition) is 1. The highest BCUT2D eigenvalue weighted by atomic mass is 35.5. The van der Waals surface area contributed by atoms with Gasteiger partial charge in [-0.2, -0.15) is 0 Å². The Kier molecular flexibility index (Phi) is 4.80. The number of imide groups is 2. The molecule has 1 aromatic rings. The molecule has 1 heterocycles. The van der Waals surface area contributed by atoms with E-state index in [-0.39, 0.29) is 6.54 Å². The standard InChI is InChI=1S/C15H14ClN3O4/c1-3-6-18-13(21)14(22)19(15(18)23)8-12(20)17-11-7-10(16)5-4-9(11)2/h3-5,7H,1,6,8H2,2H3,(H,17,20). The van der Waals surface area contributed by atoms with Gasteiger partial charge in [0.05, 0.1) is 0 Å². The zero-order chi connectivity index (χ0) is 17.1. The summed E-state index contributed by atoms with van der Waals surface area (Å²) in [5.41, 5.74) is 1.24. The van der Waals surface area contributed by atoms with Gasteiger partial charge in [-0.1, -0.05) is 23.7 Å². The van der Waals surface area contributed by atoms with Crippen molar-refractivity contribution in [2.45, 2.75) is 6.92 Å². The quantitative estimate of drug-likeness (QED) is 0.502. The molecule has 23 heavy (non-hydrogen) atoms. The second kappa shape index (κ2) is 6.62. The maximum atomic E-state index is 12.0. The molecule has 0 bridgehead atoms. The van der Waals surface area contributed by atoms with E-state index < -0.39 is 30.3 Å². The van der Waals surface area contributed by atoms with Crippen molar-refractivity contribution in [3.63, 3.8) is 0 Å². The molecule has 7 nitrogen and oxygen atoms in total. The maximum Gasteiger partial charge on any atom is 0.335 e. The minimum absolute atomic E-state index is 0.0884. The summed E-state index contributed by atoms with van der Waals surface area (Å²) in [4.78, 5) is 48.8. The third-order valence-electron chi connectivity index (χ3n) is 3.22. The number of halogens is 1. The Balaban J connectivity index is 2.09. The fourth-order valence-electron chi connectivity index (χ4n) is 2.04. The number of anilines is 1. The summed E-state index contributed by atoms with van der Waals surface area (Å²) in [7, 11) is 0. The Bertz CT molecular complexity index is 717. The summed E-state index contributed by atoms with van der Waals surface area (Å²) >= 11 is 5.86. The lowest BCUT2D eigenvalue weighted by atomic mass is 10.2. The van der Waals surface area contributed by atoms with E-state index in [9.17, 15) is 19.2 Å². The summed E-state index contributed by atoms with van der Waals surface area (Å²) < 4.78 is 0. The van der Waals surface area contributed by atoms with Crippen LogP contribution in [0.1, 0.15) is 5.56 Å².